The fourth-order valence-corrected chi connectivity index (χ4v) is 2.83. The molecule has 25 heavy (non-hydrogen) atoms. The van der Waals surface area contributed by atoms with Crippen LogP contribution in [0.2, 0.25) is 0 Å². The Morgan fingerprint density at radius 3 is 2.88 bits per heavy atom. The normalized spacial score (nSPS) is 18.7. The molecule has 1 amide bonds. The first-order valence-electron chi connectivity index (χ1n) is 7.81. The van der Waals surface area contributed by atoms with Crippen LogP contribution in [0, 0.1) is 23.2 Å². The van der Waals surface area contributed by atoms with Crippen molar-refractivity contribution >= 4 is 28.3 Å². The number of nitriles is 1. The van der Waals surface area contributed by atoms with Crippen LogP contribution in [0.25, 0.3) is 22.0 Å². The van der Waals surface area contributed by atoms with E-state index in [-0.39, 0.29) is 17.7 Å². The van der Waals surface area contributed by atoms with Crippen molar-refractivity contribution in [2.24, 2.45) is 18.9 Å². The maximum atomic E-state index is 12.1. The van der Waals surface area contributed by atoms with Crippen molar-refractivity contribution < 1.29 is 4.79 Å². The Bertz CT molecular complexity index is 1030. The summed E-state index contributed by atoms with van der Waals surface area (Å²) in [5, 5.41) is 24.6. The minimum absolute atomic E-state index is 0.193. The number of nitrogens with one attached hydrogen (secondary N) is 1. The molecule has 1 fully saturated rings. The van der Waals surface area contributed by atoms with E-state index in [1.165, 1.54) is 0 Å². The Morgan fingerprint density at radius 2 is 2.20 bits per heavy atom. The zero-order valence-corrected chi connectivity index (χ0v) is 13.5. The second kappa shape index (κ2) is 5.56. The van der Waals surface area contributed by atoms with Gasteiger partial charge in [-0.15, -0.1) is 10.2 Å². The second-order valence-electron chi connectivity index (χ2n) is 6.20. The Kier molecular flexibility index (Phi) is 3.35. The van der Waals surface area contributed by atoms with Crippen LogP contribution in [-0.2, 0) is 11.8 Å². The summed E-state index contributed by atoms with van der Waals surface area (Å²) in [5.41, 5.74) is 9.03. The van der Waals surface area contributed by atoms with E-state index in [4.69, 9.17) is 11.0 Å². The van der Waals surface area contributed by atoms with Crippen molar-refractivity contribution in [1.82, 2.24) is 20.0 Å². The highest BCUT2D eigenvalue weighted by molar-refractivity contribution is 5.98. The Balaban J connectivity index is 1.67. The van der Waals surface area contributed by atoms with Crippen LogP contribution in [-0.4, -0.2) is 25.9 Å². The smallest absolute Gasteiger partial charge is 0.230 e. The molecule has 1 aliphatic carbocycles. The van der Waals surface area contributed by atoms with E-state index < -0.39 is 0 Å². The van der Waals surface area contributed by atoms with Crippen LogP contribution in [0.15, 0.2) is 30.6 Å². The highest BCUT2D eigenvalue weighted by atomic mass is 16.2. The molecule has 3 aromatic rings. The van der Waals surface area contributed by atoms with Crippen molar-refractivity contribution in [2.75, 3.05) is 11.1 Å². The summed E-state index contributed by atoms with van der Waals surface area (Å²) in [4.78, 5) is 12.1. The van der Waals surface area contributed by atoms with E-state index in [2.05, 4.69) is 26.7 Å². The number of hydrogen-bond acceptors (Lipinski definition) is 6. The topological polar surface area (TPSA) is 123 Å². The first-order chi connectivity index (χ1) is 12.0. The largest absolute Gasteiger partial charge is 0.397 e. The fourth-order valence-electron chi connectivity index (χ4n) is 2.83. The van der Waals surface area contributed by atoms with Gasteiger partial charge in [-0.2, -0.15) is 10.4 Å². The number of rotatable bonds is 3. The van der Waals surface area contributed by atoms with Crippen LogP contribution < -0.4 is 11.1 Å². The predicted octanol–water partition coefficient (Wildman–Crippen LogP) is 1.71. The summed E-state index contributed by atoms with van der Waals surface area (Å²) in [7, 11) is 1.85. The molecule has 0 unspecified atom stereocenters. The molecule has 8 nitrogen and oxygen atoms in total. The molecule has 124 valence electrons. The highest BCUT2D eigenvalue weighted by Crippen LogP contribution is 2.38. The molecule has 4 rings (SSSR count). The van der Waals surface area contributed by atoms with Gasteiger partial charge in [-0.1, -0.05) is 0 Å². The zero-order chi connectivity index (χ0) is 17.6. The summed E-state index contributed by atoms with van der Waals surface area (Å²) in [5.74, 6) is -0.295. The molecule has 2 atom stereocenters. The molecule has 1 saturated carbocycles. The van der Waals surface area contributed by atoms with E-state index in [0.717, 1.165) is 16.5 Å². The Labute approximate surface area is 143 Å². The number of aromatic nitrogens is 4. The van der Waals surface area contributed by atoms with Crippen LogP contribution in [0.3, 0.4) is 0 Å². The standard InChI is InChI=1S/C17H15N7O/c1-24-8-12(7-20-24)9-2-10-5-15(22-23-16(10)14(19)4-9)21-17(25)13-3-11(13)6-18/h2,4-5,7-8,11,13H,3,19H2,1H3,(H,21,22,25)/t11-,13+/m0/s1. The third kappa shape index (κ3) is 2.76. The number of carbonyl (C=O) groups is 1. The van der Waals surface area contributed by atoms with Crippen molar-refractivity contribution in [3.8, 4) is 17.2 Å². The molecule has 8 heteroatoms. The van der Waals surface area contributed by atoms with E-state index in [0.29, 0.717) is 23.4 Å². The van der Waals surface area contributed by atoms with Gasteiger partial charge in [-0.05, 0) is 30.2 Å². The summed E-state index contributed by atoms with van der Waals surface area (Å²) < 4.78 is 1.72. The van der Waals surface area contributed by atoms with Crippen LogP contribution in [0.5, 0.6) is 0 Å². The summed E-state index contributed by atoms with van der Waals surface area (Å²) >= 11 is 0. The zero-order valence-electron chi connectivity index (χ0n) is 13.5. The van der Waals surface area contributed by atoms with E-state index in [1.807, 2.05) is 25.4 Å². The van der Waals surface area contributed by atoms with Gasteiger partial charge in [0, 0.05) is 24.2 Å². The number of aryl methyl sites for hydroxylation is 1. The number of hydrogen-bond donors (Lipinski definition) is 2. The van der Waals surface area contributed by atoms with Gasteiger partial charge in [0.25, 0.3) is 0 Å². The van der Waals surface area contributed by atoms with Gasteiger partial charge in [0.2, 0.25) is 5.91 Å². The van der Waals surface area contributed by atoms with E-state index in [9.17, 15) is 4.79 Å². The molecule has 2 aromatic heterocycles. The third-order valence-electron chi connectivity index (χ3n) is 4.30. The third-order valence-corrected chi connectivity index (χ3v) is 4.30. The summed E-state index contributed by atoms with van der Waals surface area (Å²) in [6.45, 7) is 0. The number of fused-ring (bicyclic) bond motifs is 1. The van der Waals surface area contributed by atoms with E-state index >= 15 is 0 Å². The first-order valence-corrected chi connectivity index (χ1v) is 7.81. The van der Waals surface area contributed by atoms with Gasteiger partial charge < -0.3 is 11.1 Å². The number of benzene rings is 1. The molecule has 0 spiro atoms. The highest BCUT2D eigenvalue weighted by Gasteiger charge is 2.43. The summed E-state index contributed by atoms with van der Waals surface area (Å²) in [6, 6.07) is 7.60. The van der Waals surface area contributed by atoms with Crippen molar-refractivity contribution in [3.05, 3.63) is 30.6 Å². The molecule has 0 saturated heterocycles. The lowest BCUT2D eigenvalue weighted by Crippen LogP contribution is -2.16. The minimum atomic E-state index is -0.255. The van der Waals surface area contributed by atoms with Gasteiger partial charge in [0.05, 0.1) is 29.8 Å². The van der Waals surface area contributed by atoms with Crippen molar-refractivity contribution in [3.63, 3.8) is 0 Å². The fraction of sp³-hybridized carbons (Fsp3) is 0.235. The molecule has 3 N–H and O–H groups in total. The minimum Gasteiger partial charge on any atom is -0.397 e. The first kappa shape index (κ1) is 15.1. The number of anilines is 2. The van der Waals surface area contributed by atoms with Crippen LogP contribution in [0.4, 0.5) is 11.5 Å². The predicted molar refractivity (Wildman–Crippen MR) is 92.0 cm³/mol. The van der Waals surface area contributed by atoms with Gasteiger partial charge in [-0.25, -0.2) is 0 Å². The Hall–Kier alpha value is -3.47. The summed E-state index contributed by atoms with van der Waals surface area (Å²) in [6.07, 6.45) is 4.25. The Morgan fingerprint density at radius 1 is 1.36 bits per heavy atom. The maximum Gasteiger partial charge on any atom is 0.230 e. The lowest BCUT2D eigenvalue weighted by molar-refractivity contribution is -0.117. The van der Waals surface area contributed by atoms with Crippen molar-refractivity contribution in [1.29, 1.82) is 5.26 Å². The molecule has 1 aromatic carbocycles. The number of nitrogens with zero attached hydrogens (tertiary/aromatic N) is 5. The maximum absolute atomic E-state index is 12.1. The average Bonchev–Trinajstić information content (AvgIpc) is 3.27. The molecule has 0 aliphatic heterocycles. The molecule has 2 heterocycles. The number of amides is 1. The van der Waals surface area contributed by atoms with Crippen molar-refractivity contribution in [2.45, 2.75) is 6.42 Å². The van der Waals surface area contributed by atoms with Gasteiger partial charge in [0.15, 0.2) is 5.82 Å². The van der Waals surface area contributed by atoms with Gasteiger partial charge in [0.1, 0.15) is 5.52 Å². The number of nitrogens with two attached hydrogens (primary N) is 1. The van der Waals surface area contributed by atoms with E-state index in [1.54, 1.807) is 16.9 Å². The molecule has 1 aliphatic rings. The molecule has 0 bridgehead atoms. The van der Waals surface area contributed by atoms with Crippen LogP contribution >= 0.6 is 0 Å². The van der Waals surface area contributed by atoms with Gasteiger partial charge >= 0.3 is 0 Å². The second-order valence-corrected chi connectivity index (χ2v) is 6.20. The lowest BCUT2D eigenvalue weighted by atomic mass is 10.1. The quantitative estimate of drug-likeness (QED) is 0.703. The van der Waals surface area contributed by atoms with Gasteiger partial charge in [-0.3, -0.25) is 9.48 Å². The molecular weight excluding hydrogens is 318 g/mol. The number of nitrogen functional groups attached to an aromatic ring is 1. The number of carbonyl (C=O) groups excluding carboxylic acids is 1. The SMILES string of the molecule is Cn1cc(-c2cc(N)c3nnc(NC(=O)[C@@H]4C[C@H]4C#N)cc3c2)cn1. The lowest BCUT2D eigenvalue weighted by Gasteiger charge is -2.07. The molecular formula is C17H15N7O. The monoisotopic (exact) mass is 333 g/mol. The molecule has 0 radical (unpaired) electrons. The van der Waals surface area contributed by atoms with Crippen LogP contribution in [0.1, 0.15) is 6.42 Å². The average molecular weight is 333 g/mol.